The molecule has 0 aliphatic heterocycles. The fraction of sp³-hybridized carbons (Fsp3) is 0.833. The molecule has 31 heteroatoms. The molecule has 0 spiro atoms. The monoisotopic (exact) mass is 1360 g/mol. The van der Waals surface area contributed by atoms with Gasteiger partial charge in [0.2, 0.25) is 0 Å². The van der Waals surface area contributed by atoms with Crippen LogP contribution in [0.2, 0.25) is 0 Å². The molecule has 6 N–H and O–H groups in total. The van der Waals surface area contributed by atoms with E-state index in [-0.39, 0.29) is 21.1 Å². The molecule has 0 saturated heterocycles. The van der Waals surface area contributed by atoms with Crippen molar-refractivity contribution < 1.29 is 46.3 Å². The van der Waals surface area contributed by atoms with Crippen LogP contribution in [-0.4, -0.2) is 90.4 Å². The molecule has 0 aromatic rings. The van der Waals surface area contributed by atoms with Crippen LogP contribution in [0, 0.1) is 35.5 Å². The van der Waals surface area contributed by atoms with E-state index >= 15 is 0 Å². The van der Waals surface area contributed by atoms with Crippen LogP contribution in [0.25, 0.3) is 0 Å². The van der Waals surface area contributed by atoms with E-state index < -0.39 is 0 Å². The van der Waals surface area contributed by atoms with Gasteiger partial charge in [0.05, 0.1) is 0 Å². The van der Waals surface area contributed by atoms with Gasteiger partial charge in [0.25, 0.3) is 0 Å². The van der Waals surface area contributed by atoms with Gasteiger partial charge in [0, 0.05) is 60.3 Å². The second-order valence-electron chi connectivity index (χ2n) is 14.4. The Morgan fingerprint density at radius 2 is 0.343 bits per heavy atom. The summed E-state index contributed by atoms with van der Waals surface area (Å²) in [6.07, 6.45) is 6.81. The first-order valence-electron chi connectivity index (χ1n) is 19.4. The van der Waals surface area contributed by atoms with Gasteiger partial charge < -0.3 is 181 Å². The van der Waals surface area contributed by atoms with E-state index in [1.54, 1.807) is 0 Å². The molecule has 0 aliphatic carbocycles. The van der Waals surface area contributed by atoms with Crippen LogP contribution in [0.15, 0.2) is 0 Å². The maximum Gasteiger partial charge on any atom is 0.197 e. The maximum atomic E-state index is 7.83. The van der Waals surface area contributed by atoms with E-state index in [0.29, 0.717) is 25.9 Å². The van der Waals surface area contributed by atoms with E-state index in [0.717, 1.165) is 113 Å². The molecule has 0 aliphatic rings. The zero-order chi connectivity index (χ0) is 55.7. The normalized spacial score (nSPS) is 8.15. The summed E-state index contributed by atoms with van der Waals surface area (Å²) in [7, 11) is 0. The zero-order valence-electron chi connectivity index (χ0n) is 40.2. The average Bonchev–Trinajstić information content (AvgIpc) is 3.22. The second-order valence-corrected chi connectivity index (χ2v) is 20.8. The number of hydrogen-bond acceptors (Lipinski definition) is 24. The van der Waals surface area contributed by atoms with Crippen LogP contribution in [0.5, 0.6) is 0 Å². The Balaban J connectivity index is -0.0000000452. The summed E-state index contributed by atoms with van der Waals surface area (Å²) in [5, 5.41) is 17.5. The molecule has 0 amide bonds. The van der Waals surface area contributed by atoms with Gasteiger partial charge in [-0.3, -0.25) is 0 Å². The quantitative estimate of drug-likeness (QED) is 0.0486. The van der Waals surface area contributed by atoms with Crippen LogP contribution >= 0.6 is 73.3 Å². The molecule has 0 aromatic carbocycles. The van der Waals surface area contributed by atoms with Crippen molar-refractivity contribution in [3.8, 4) is 0 Å². The Bertz CT molecular complexity index is 857. The van der Waals surface area contributed by atoms with E-state index in [4.69, 9.17) is 25.3 Å². The van der Waals surface area contributed by atoms with Crippen molar-refractivity contribution in [1.29, 1.82) is 0 Å². The molecule has 402 valence electrons. The first-order valence-corrected chi connectivity index (χ1v) is 26.3. The SMILES string of the molecule is CC(C)CCNC(=S)[S-].CC(C)CCNC(=S)[S-].CC(C)CCNC(=S)[S-].CC(C)CCNC(=S)[S-].CC(C)CCNC(=S)[S-].CC(C)CCNC(=S)[S-].O=S.O=S.O=S.O=S.O=S.O=S.[Mo]. The van der Waals surface area contributed by atoms with Gasteiger partial charge >= 0.3 is 0 Å². The minimum atomic E-state index is 0. The standard InChI is InChI=1S/6C6H13NS2.Mo.6OS/c6*1-5(2)3-4-7-6(8)9;;6*1-2/h6*5H,3-4H2,1-2H3,(H2,7,8,9);;;;;;;/p-6. The molecule has 12 nitrogen and oxygen atoms in total. The van der Waals surface area contributed by atoms with Gasteiger partial charge in [-0.2, -0.15) is 25.3 Å². The molecule has 0 fully saturated rings. The first kappa shape index (κ1) is 101. The van der Waals surface area contributed by atoms with Crippen molar-refractivity contribution in [3.63, 3.8) is 0 Å². The Kier molecular flexibility index (Phi) is 146. The smallest absolute Gasteiger partial charge is 0.197 e. The summed E-state index contributed by atoms with van der Waals surface area (Å²) in [6.45, 7) is 31.6. The number of hydrogen-bond donors (Lipinski definition) is 6. The van der Waals surface area contributed by atoms with E-state index in [2.05, 4.69) is 339 Å². The van der Waals surface area contributed by atoms with Crippen molar-refractivity contribution in [1.82, 2.24) is 31.9 Å². The first-order chi connectivity index (χ1) is 30.8. The topological polar surface area (TPSA) is 175 Å². The number of rotatable bonds is 18. The Morgan fingerprint density at radius 3 is 0.388 bits per heavy atom. The second kappa shape index (κ2) is 96.9. The van der Waals surface area contributed by atoms with Gasteiger partial charge in [0.15, 0.2) is 75.2 Å². The molecular weight excluding hydrogens is 1290 g/mol. The summed E-state index contributed by atoms with van der Waals surface area (Å²) < 4.78 is 49.9. The molecule has 0 aromatic heterocycles. The maximum absolute atomic E-state index is 7.83. The van der Waals surface area contributed by atoms with Crippen molar-refractivity contribution >= 4 is 250 Å². The molecule has 0 unspecified atom stereocenters. The van der Waals surface area contributed by atoms with E-state index in [9.17, 15) is 0 Å². The Morgan fingerprint density at radius 1 is 0.269 bits per heavy atom. The van der Waals surface area contributed by atoms with Crippen molar-refractivity contribution in [2.75, 3.05) is 39.3 Å². The molecule has 0 bridgehead atoms. The van der Waals surface area contributed by atoms with Crippen LogP contribution in [0.3, 0.4) is 0 Å². The number of nitrogens with one attached hydrogen (secondary N) is 6. The van der Waals surface area contributed by atoms with Crippen LogP contribution < -0.4 is 31.9 Å². The predicted molar refractivity (Wildman–Crippen MR) is 333 cm³/mol. The molecule has 0 radical (unpaired) electrons. The van der Waals surface area contributed by atoms with Crippen molar-refractivity contribution in [3.05, 3.63) is 0 Å². The van der Waals surface area contributed by atoms with Gasteiger partial charge in [-0.15, -0.1) is 0 Å². The summed E-state index contributed by atoms with van der Waals surface area (Å²) in [4.78, 5) is 0. The van der Waals surface area contributed by atoms with Gasteiger partial charge in [-0.1, -0.05) is 109 Å². The third kappa shape index (κ3) is 206. The zero-order valence-corrected chi connectivity index (χ0v) is 56.9. The minimum absolute atomic E-state index is 0. The van der Waals surface area contributed by atoms with Crippen LogP contribution in [-0.2, 0) is 172 Å². The molecule has 0 rings (SSSR count). The Labute approximate surface area is 518 Å². The fourth-order valence-electron chi connectivity index (χ4n) is 2.78. The average molecular weight is 1360 g/mol. The predicted octanol–water partition coefficient (Wildman–Crippen LogP) is 6.70. The Hall–Kier alpha value is 1.47. The third-order valence-electron chi connectivity index (χ3n) is 5.95. The summed E-state index contributed by atoms with van der Waals surface area (Å²) in [5.74, 6) is 4.34. The summed E-state index contributed by atoms with van der Waals surface area (Å²) >= 11 is 72.8. The molecule has 67 heavy (non-hydrogen) atoms. The van der Waals surface area contributed by atoms with E-state index in [1.165, 1.54) is 0 Å². The van der Waals surface area contributed by atoms with Crippen molar-refractivity contribution in [2.45, 2.75) is 122 Å². The van der Waals surface area contributed by atoms with Crippen molar-refractivity contribution in [2.24, 2.45) is 35.5 Å². The van der Waals surface area contributed by atoms with E-state index in [1.807, 2.05) is 0 Å². The summed E-state index contributed by atoms with van der Waals surface area (Å²) in [5.41, 5.74) is 0. The van der Waals surface area contributed by atoms with Crippen LogP contribution in [0.4, 0.5) is 0 Å². The number of thiocarbonyl (C=S) groups is 6. The molecular formula is C36H72MoN6O6S18-6. The molecule has 0 heterocycles. The third-order valence-corrected chi connectivity index (χ3v) is 7.68. The largest absolute Gasteiger partial charge is 0.412 e. The molecule has 0 saturated carbocycles. The molecule has 0 atom stereocenters. The van der Waals surface area contributed by atoms with Crippen LogP contribution in [0.1, 0.15) is 122 Å². The van der Waals surface area contributed by atoms with Gasteiger partial charge in [-0.25, -0.2) is 0 Å². The minimum Gasteiger partial charge on any atom is -0.412 e. The van der Waals surface area contributed by atoms with Gasteiger partial charge in [0.1, 0.15) is 0 Å². The van der Waals surface area contributed by atoms with Gasteiger partial charge in [-0.05, 0) is 74.0 Å². The summed E-state index contributed by atoms with van der Waals surface area (Å²) in [6, 6.07) is 0. The fourth-order valence-corrected chi connectivity index (χ4v) is 4.00.